The highest BCUT2D eigenvalue weighted by atomic mass is 32.2. The molecule has 7 aromatic carbocycles. The summed E-state index contributed by atoms with van der Waals surface area (Å²) in [6.07, 6.45) is 0. The van der Waals surface area contributed by atoms with E-state index in [1.54, 1.807) is 0 Å². The Morgan fingerprint density at radius 1 is 0.415 bits per heavy atom. The molecule has 41 heavy (non-hydrogen) atoms. The van der Waals surface area contributed by atoms with Gasteiger partial charge in [-0.1, -0.05) is 133 Å². The molecule has 0 spiro atoms. The molecular formula is C39H25FS. The predicted molar refractivity (Wildman–Crippen MR) is 170 cm³/mol. The molecule has 0 nitrogen and oxygen atoms in total. The SMILES string of the molecule is Fc1ccc(-c2ccc(-c3ccc(C4c5c(ccc6ccccc56)Sc5ccc6ccccc6c54)cc3)cc2)cc1. The van der Waals surface area contributed by atoms with Gasteiger partial charge in [0, 0.05) is 15.7 Å². The lowest BCUT2D eigenvalue weighted by molar-refractivity contribution is 0.628. The van der Waals surface area contributed by atoms with Gasteiger partial charge in [-0.15, -0.1) is 0 Å². The lowest BCUT2D eigenvalue weighted by Crippen LogP contribution is -2.11. The van der Waals surface area contributed by atoms with Crippen molar-refractivity contribution in [1.29, 1.82) is 0 Å². The van der Waals surface area contributed by atoms with Gasteiger partial charge < -0.3 is 0 Å². The molecule has 0 radical (unpaired) electrons. The Bertz CT molecular complexity index is 1970. The second-order valence-corrected chi connectivity index (χ2v) is 11.7. The number of hydrogen-bond donors (Lipinski definition) is 0. The van der Waals surface area contributed by atoms with Crippen molar-refractivity contribution in [1.82, 2.24) is 0 Å². The second-order valence-electron chi connectivity index (χ2n) is 10.6. The molecule has 0 saturated carbocycles. The summed E-state index contributed by atoms with van der Waals surface area (Å²) in [6, 6.07) is 50.9. The molecule has 0 bridgehead atoms. The quantitative estimate of drug-likeness (QED) is 0.213. The van der Waals surface area contributed by atoms with Crippen LogP contribution in [-0.4, -0.2) is 0 Å². The molecule has 1 aliphatic heterocycles. The van der Waals surface area contributed by atoms with Gasteiger partial charge in [0.05, 0.1) is 0 Å². The van der Waals surface area contributed by atoms with Crippen molar-refractivity contribution in [2.45, 2.75) is 15.7 Å². The summed E-state index contributed by atoms with van der Waals surface area (Å²) in [7, 11) is 0. The topological polar surface area (TPSA) is 0 Å². The van der Waals surface area contributed by atoms with Crippen LogP contribution in [0.1, 0.15) is 22.6 Å². The van der Waals surface area contributed by atoms with E-state index in [1.165, 1.54) is 71.3 Å². The Hall–Kier alpha value is -4.66. The van der Waals surface area contributed by atoms with E-state index in [1.807, 2.05) is 23.9 Å². The van der Waals surface area contributed by atoms with Crippen molar-refractivity contribution in [3.8, 4) is 22.3 Å². The normalized spacial score (nSPS) is 12.8. The summed E-state index contributed by atoms with van der Waals surface area (Å²) in [5.74, 6) is -0.0818. The summed E-state index contributed by atoms with van der Waals surface area (Å²) < 4.78 is 13.4. The van der Waals surface area contributed by atoms with Crippen molar-refractivity contribution < 1.29 is 4.39 Å². The van der Waals surface area contributed by atoms with Gasteiger partial charge in [0.1, 0.15) is 5.82 Å². The van der Waals surface area contributed by atoms with Crippen LogP contribution < -0.4 is 0 Å². The third kappa shape index (κ3) is 4.15. The first-order chi connectivity index (χ1) is 20.2. The monoisotopic (exact) mass is 544 g/mol. The fraction of sp³-hybridized carbons (Fsp3) is 0.0256. The van der Waals surface area contributed by atoms with Crippen molar-refractivity contribution in [3.05, 3.63) is 168 Å². The lowest BCUT2D eigenvalue weighted by atomic mass is 9.80. The Kier molecular flexibility index (Phi) is 5.75. The van der Waals surface area contributed by atoms with Crippen LogP contribution in [0.2, 0.25) is 0 Å². The summed E-state index contributed by atoms with van der Waals surface area (Å²) in [4.78, 5) is 2.66. The molecule has 0 fully saturated rings. The second kappa shape index (κ2) is 9.76. The standard InChI is InChI=1S/C39H25FS/c40-32-21-17-28(18-22-32)26-11-9-25(10-12-26)27-13-15-31(16-14-27)37-38-33-7-3-1-5-29(33)19-23-35(38)41-36-24-20-30-6-2-4-8-34(30)39(36)37/h1-24,37H. The molecule has 0 saturated heterocycles. The van der Waals surface area contributed by atoms with E-state index >= 15 is 0 Å². The zero-order valence-electron chi connectivity index (χ0n) is 22.2. The van der Waals surface area contributed by atoms with Crippen LogP contribution in [-0.2, 0) is 0 Å². The molecule has 0 aromatic heterocycles. The van der Waals surface area contributed by atoms with E-state index in [0.717, 1.165) is 11.1 Å². The molecule has 0 amide bonds. The molecule has 1 heterocycles. The zero-order chi connectivity index (χ0) is 27.3. The summed E-state index contributed by atoms with van der Waals surface area (Å²) in [6.45, 7) is 0. The average Bonchev–Trinajstić information content (AvgIpc) is 3.04. The van der Waals surface area contributed by atoms with Crippen molar-refractivity contribution >= 4 is 33.3 Å². The number of rotatable bonds is 3. The number of hydrogen-bond acceptors (Lipinski definition) is 1. The largest absolute Gasteiger partial charge is 0.207 e. The predicted octanol–water partition coefficient (Wildman–Crippen LogP) is 11.1. The van der Waals surface area contributed by atoms with Crippen molar-refractivity contribution in [2.24, 2.45) is 0 Å². The van der Waals surface area contributed by atoms with Crippen LogP contribution in [0.3, 0.4) is 0 Å². The van der Waals surface area contributed by atoms with E-state index in [-0.39, 0.29) is 11.7 Å². The van der Waals surface area contributed by atoms with Gasteiger partial charge >= 0.3 is 0 Å². The highest BCUT2D eigenvalue weighted by Gasteiger charge is 2.31. The third-order valence-corrected chi connectivity index (χ3v) is 9.45. The van der Waals surface area contributed by atoms with E-state index in [0.29, 0.717) is 0 Å². The maximum atomic E-state index is 13.4. The summed E-state index contributed by atoms with van der Waals surface area (Å²) in [5, 5.41) is 5.19. The van der Waals surface area contributed by atoms with Gasteiger partial charge in [-0.3, -0.25) is 0 Å². The minimum absolute atomic E-state index is 0.133. The number of halogens is 1. The maximum absolute atomic E-state index is 13.4. The maximum Gasteiger partial charge on any atom is 0.123 e. The molecule has 1 aliphatic rings. The van der Waals surface area contributed by atoms with Crippen LogP contribution in [0.4, 0.5) is 4.39 Å². The Morgan fingerprint density at radius 2 is 0.829 bits per heavy atom. The van der Waals surface area contributed by atoms with E-state index in [2.05, 4.69) is 121 Å². The Labute approximate surface area is 243 Å². The molecule has 0 aliphatic carbocycles. The van der Waals surface area contributed by atoms with Crippen molar-refractivity contribution in [2.75, 3.05) is 0 Å². The molecule has 2 heteroatoms. The smallest absolute Gasteiger partial charge is 0.123 e. The fourth-order valence-electron chi connectivity index (χ4n) is 6.29. The first kappa shape index (κ1) is 24.2. The zero-order valence-corrected chi connectivity index (χ0v) is 23.0. The van der Waals surface area contributed by atoms with Gasteiger partial charge in [-0.05, 0) is 84.8 Å². The number of benzene rings is 7. The molecule has 7 aromatic rings. The van der Waals surface area contributed by atoms with Gasteiger partial charge in [-0.25, -0.2) is 4.39 Å². The molecule has 194 valence electrons. The Balaban J connectivity index is 1.25. The van der Waals surface area contributed by atoms with Gasteiger partial charge in [0.25, 0.3) is 0 Å². The van der Waals surface area contributed by atoms with Crippen LogP contribution in [0.25, 0.3) is 43.8 Å². The summed E-state index contributed by atoms with van der Waals surface area (Å²) >= 11 is 1.89. The van der Waals surface area contributed by atoms with E-state index < -0.39 is 0 Å². The minimum Gasteiger partial charge on any atom is -0.207 e. The number of fused-ring (bicyclic) bond motifs is 6. The highest BCUT2D eigenvalue weighted by Crippen LogP contribution is 2.53. The third-order valence-electron chi connectivity index (χ3n) is 8.30. The molecule has 8 rings (SSSR count). The molecule has 0 unspecified atom stereocenters. The highest BCUT2D eigenvalue weighted by molar-refractivity contribution is 7.99. The van der Waals surface area contributed by atoms with Gasteiger partial charge in [0.15, 0.2) is 0 Å². The van der Waals surface area contributed by atoms with Crippen LogP contribution in [0.5, 0.6) is 0 Å². The van der Waals surface area contributed by atoms with Crippen molar-refractivity contribution in [3.63, 3.8) is 0 Å². The molecule has 0 atom stereocenters. The lowest BCUT2D eigenvalue weighted by Gasteiger charge is -2.31. The van der Waals surface area contributed by atoms with Gasteiger partial charge in [0.2, 0.25) is 0 Å². The van der Waals surface area contributed by atoms with E-state index in [4.69, 9.17) is 0 Å². The minimum atomic E-state index is -0.215. The van der Waals surface area contributed by atoms with E-state index in [9.17, 15) is 4.39 Å². The molecular weight excluding hydrogens is 519 g/mol. The van der Waals surface area contributed by atoms with Gasteiger partial charge in [-0.2, -0.15) is 0 Å². The average molecular weight is 545 g/mol. The first-order valence-corrected chi connectivity index (χ1v) is 14.7. The summed E-state index contributed by atoms with van der Waals surface area (Å²) in [5.41, 5.74) is 8.53. The molecule has 0 N–H and O–H groups in total. The first-order valence-electron chi connectivity index (χ1n) is 13.9. The van der Waals surface area contributed by atoms with Crippen LogP contribution in [0.15, 0.2) is 155 Å². The van der Waals surface area contributed by atoms with Crippen LogP contribution >= 0.6 is 11.8 Å². The Morgan fingerprint density at radius 3 is 1.32 bits per heavy atom. The van der Waals surface area contributed by atoms with Crippen LogP contribution in [0, 0.1) is 5.82 Å². The fourth-order valence-corrected chi connectivity index (χ4v) is 7.47.